The van der Waals surface area contributed by atoms with Crippen molar-refractivity contribution >= 4 is 18.0 Å². The van der Waals surface area contributed by atoms with E-state index in [0.29, 0.717) is 6.29 Å². The van der Waals surface area contributed by atoms with Gasteiger partial charge in [0.05, 0.1) is 5.56 Å². The fraction of sp³-hybridized carbons (Fsp3) is 0.100. The number of aldehydes is 1. The minimum absolute atomic E-state index is 0.0718. The van der Waals surface area contributed by atoms with Gasteiger partial charge < -0.3 is 5.11 Å². The van der Waals surface area contributed by atoms with Gasteiger partial charge in [0.15, 0.2) is 12.1 Å². The predicted molar refractivity (Wildman–Crippen MR) is 48.8 cm³/mol. The summed E-state index contributed by atoms with van der Waals surface area (Å²) in [6.45, 7) is 1.33. The molecule has 0 spiro atoms. The third-order valence-electron chi connectivity index (χ3n) is 1.82. The SMILES string of the molecule is CC(=O)c1ccc(C=O)c(C(=O)O)c1. The number of aromatic carboxylic acids is 1. The minimum atomic E-state index is -1.21. The van der Waals surface area contributed by atoms with Gasteiger partial charge >= 0.3 is 5.97 Å². The Kier molecular flexibility index (Phi) is 2.76. The molecule has 0 aliphatic carbocycles. The van der Waals surface area contributed by atoms with Crippen LogP contribution >= 0.6 is 0 Å². The van der Waals surface area contributed by atoms with Crippen molar-refractivity contribution in [2.24, 2.45) is 0 Å². The number of carboxylic acid groups (broad SMARTS) is 1. The van der Waals surface area contributed by atoms with Crippen LogP contribution in [0.5, 0.6) is 0 Å². The first-order valence-corrected chi connectivity index (χ1v) is 3.89. The Hall–Kier alpha value is -1.97. The topological polar surface area (TPSA) is 71.4 Å². The zero-order valence-corrected chi connectivity index (χ0v) is 7.48. The quantitative estimate of drug-likeness (QED) is 0.580. The van der Waals surface area contributed by atoms with Gasteiger partial charge in [-0.05, 0) is 13.0 Å². The van der Waals surface area contributed by atoms with Crippen molar-refractivity contribution < 1.29 is 19.5 Å². The summed E-state index contributed by atoms with van der Waals surface area (Å²) in [5.41, 5.74) is 0.211. The van der Waals surface area contributed by atoms with Crippen molar-refractivity contribution in [3.8, 4) is 0 Å². The van der Waals surface area contributed by atoms with Crippen molar-refractivity contribution in [2.75, 3.05) is 0 Å². The Balaban J connectivity index is 3.34. The zero-order chi connectivity index (χ0) is 10.7. The summed E-state index contributed by atoms with van der Waals surface area (Å²) in [5, 5.41) is 8.73. The van der Waals surface area contributed by atoms with Crippen molar-refractivity contribution in [1.82, 2.24) is 0 Å². The average Bonchev–Trinajstić information content (AvgIpc) is 2.16. The molecule has 0 heterocycles. The lowest BCUT2D eigenvalue weighted by atomic mass is 10.0. The van der Waals surface area contributed by atoms with Crippen molar-refractivity contribution in [3.05, 3.63) is 34.9 Å². The molecule has 0 saturated carbocycles. The molecule has 4 heteroatoms. The molecule has 1 aromatic carbocycles. The monoisotopic (exact) mass is 192 g/mol. The van der Waals surface area contributed by atoms with E-state index in [2.05, 4.69) is 0 Å². The second kappa shape index (κ2) is 3.83. The molecule has 0 aliphatic heterocycles. The molecule has 0 unspecified atom stereocenters. The van der Waals surface area contributed by atoms with E-state index in [4.69, 9.17) is 5.11 Å². The Labute approximate surface area is 80.2 Å². The molecule has 1 N–H and O–H groups in total. The molecule has 0 fully saturated rings. The normalized spacial score (nSPS) is 9.50. The highest BCUT2D eigenvalue weighted by atomic mass is 16.4. The lowest BCUT2D eigenvalue weighted by molar-refractivity contribution is 0.0694. The first-order chi connectivity index (χ1) is 6.56. The first kappa shape index (κ1) is 10.1. The van der Waals surface area contributed by atoms with Gasteiger partial charge in [-0.3, -0.25) is 9.59 Å². The number of ketones is 1. The maximum Gasteiger partial charge on any atom is 0.336 e. The number of carbonyl (C=O) groups excluding carboxylic acids is 2. The molecule has 0 radical (unpaired) electrons. The lowest BCUT2D eigenvalue weighted by Gasteiger charge is -2.01. The Morgan fingerprint density at radius 1 is 1.36 bits per heavy atom. The molecule has 0 aromatic heterocycles. The van der Waals surface area contributed by atoms with Gasteiger partial charge in [-0.25, -0.2) is 4.79 Å². The van der Waals surface area contributed by atoms with E-state index in [0.717, 1.165) is 0 Å². The Morgan fingerprint density at radius 3 is 2.43 bits per heavy atom. The van der Waals surface area contributed by atoms with E-state index >= 15 is 0 Å². The summed E-state index contributed by atoms with van der Waals surface area (Å²) in [7, 11) is 0. The number of rotatable bonds is 3. The molecule has 0 bridgehead atoms. The summed E-state index contributed by atoms with van der Waals surface area (Å²) >= 11 is 0. The van der Waals surface area contributed by atoms with Crippen LogP contribution in [0.2, 0.25) is 0 Å². The highest BCUT2D eigenvalue weighted by Gasteiger charge is 2.11. The number of hydrogen-bond acceptors (Lipinski definition) is 3. The highest BCUT2D eigenvalue weighted by Crippen LogP contribution is 2.11. The third kappa shape index (κ3) is 1.85. The van der Waals surface area contributed by atoms with E-state index in [1.54, 1.807) is 0 Å². The van der Waals surface area contributed by atoms with Gasteiger partial charge in [0, 0.05) is 11.1 Å². The number of benzene rings is 1. The van der Waals surface area contributed by atoms with Gasteiger partial charge in [0.1, 0.15) is 0 Å². The Bertz CT molecular complexity index is 407. The van der Waals surface area contributed by atoms with Crippen LogP contribution in [-0.2, 0) is 0 Å². The number of carbonyl (C=O) groups is 3. The van der Waals surface area contributed by atoms with Gasteiger partial charge in [-0.1, -0.05) is 12.1 Å². The summed E-state index contributed by atoms with van der Waals surface area (Å²) in [4.78, 5) is 32.1. The standard InChI is InChI=1S/C10H8O4/c1-6(12)7-2-3-8(5-11)9(4-7)10(13)14/h2-5H,1H3,(H,13,14). The molecular weight excluding hydrogens is 184 g/mol. The summed E-state index contributed by atoms with van der Waals surface area (Å²) in [5.74, 6) is -1.44. The Morgan fingerprint density at radius 2 is 2.00 bits per heavy atom. The van der Waals surface area contributed by atoms with Gasteiger partial charge in [-0.15, -0.1) is 0 Å². The number of Topliss-reactive ketones (excluding diaryl/α,β-unsaturated/α-hetero) is 1. The summed E-state index contributed by atoms with van der Waals surface area (Å²) in [6, 6.07) is 3.96. The molecule has 0 aliphatic rings. The highest BCUT2D eigenvalue weighted by molar-refractivity contribution is 6.01. The van der Waals surface area contributed by atoms with E-state index in [-0.39, 0.29) is 22.5 Å². The van der Waals surface area contributed by atoms with Crippen LogP contribution in [0.25, 0.3) is 0 Å². The molecule has 0 atom stereocenters. The summed E-state index contributed by atoms with van der Waals surface area (Å²) in [6.07, 6.45) is 0.452. The van der Waals surface area contributed by atoms with E-state index < -0.39 is 5.97 Å². The van der Waals surface area contributed by atoms with Crippen LogP contribution in [0.1, 0.15) is 38.0 Å². The second-order valence-electron chi connectivity index (χ2n) is 2.78. The maximum atomic E-state index is 10.9. The maximum absolute atomic E-state index is 10.9. The molecule has 72 valence electrons. The summed E-state index contributed by atoms with van der Waals surface area (Å²) < 4.78 is 0. The van der Waals surface area contributed by atoms with Gasteiger partial charge in [-0.2, -0.15) is 0 Å². The van der Waals surface area contributed by atoms with Crippen molar-refractivity contribution in [2.45, 2.75) is 6.92 Å². The second-order valence-corrected chi connectivity index (χ2v) is 2.78. The van der Waals surface area contributed by atoms with Crippen LogP contribution in [0, 0.1) is 0 Å². The van der Waals surface area contributed by atoms with Gasteiger partial charge in [0.2, 0.25) is 0 Å². The third-order valence-corrected chi connectivity index (χ3v) is 1.82. The van der Waals surface area contributed by atoms with E-state index in [9.17, 15) is 14.4 Å². The average molecular weight is 192 g/mol. The number of carboxylic acids is 1. The molecule has 0 amide bonds. The van der Waals surface area contributed by atoms with Gasteiger partial charge in [0.25, 0.3) is 0 Å². The first-order valence-electron chi connectivity index (χ1n) is 3.89. The molecular formula is C10H8O4. The number of hydrogen-bond donors (Lipinski definition) is 1. The van der Waals surface area contributed by atoms with Crippen LogP contribution in [-0.4, -0.2) is 23.1 Å². The smallest absolute Gasteiger partial charge is 0.336 e. The molecule has 4 nitrogen and oxygen atoms in total. The van der Waals surface area contributed by atoms with Crippen LogP contribution in [0.4, 0.5) is 0 Å². The molecule has 1 aromatic rings. The minimum Gasteiger partial charge on any atom is -0.478 e. The van der Waals surface area contributed by atoms with Crippen molar-refractivity contribution in [3.63, 3.8) is 0 Å². The van der Waals surface area contributed by atoms with E-state index in [1.807, 2.05) is 0 Å². The molecule has 14 heavy (non-hydrogen) atoms. The largest absolute Gasteiger partial charge is 0.478 e. The van der Waals surface area contributed by atoms with E-state index in [1.165, 1.54) is 25.1 Å². The van der Waals surface area contributed by atoms with Crippen LogP contribution in [0.3, 0.4) is 0 Å². The fourth-order valence-corrected chi connectivity index (χ4v) is 1.06. The molecule has 1 rings (SSSR count). The van der Waals surface area contributed by atoms with Crippen LogP contribution < -0.4 is 0 Å². The van der Waals surface area contributed by atoms with Crippen LogP contribution in [0.15, 0.2) is 18.2 Å². The van der Waals surface area contributed by atoms with Crippen molar-refractivity contribution in [1.29, 1.82) is 0 Å². The molecule has 0 saturated heterocycles. The lowest BCUT2D eigenvalue weighted by Crippen LogP contribution is -2.04. The zero-order valence-electron chi connectivity index (χ0n) is 7.48. The fourth-order valence-electron chi connectivity index (χ4n) is 1.06. The predicted octanol–water partition coefficient (Wildman–Crippen LogP) is 1.40.